The quantitative estimate of drug-likeness (QED) is 0.774. The van der Waals surface area contributed by atoms with Gasteiger partial charge in [-0.05, 0) is 66.6 Å². The van der Waals surface area contributed by atoms with Crippen LogP contribution in [-0.4, -0.2) is 48.3 Å². The maximum Gasteiger partial charge on any atom is 0.416 e. The average molecular weight is 447 g/mol. The summed E-state index contributed by atoms with van der Waals surface area (Å²) in [6, 6.07) is 11.9. The van der Waals surface area contributed by atoms with Gasteiger partial charge in [0, 0.05) is 18.7 Å². The SMILES string of the molecule is O=C(c1ccc(C2(O)COC2)cc1)N1CC2CC(Oc3ccc(C(F)(F)F)cc3)CC2C1. The zero-order valence-corrected chi connectivity index (χ0v) is 17.3. The van der Waals surface area contributed by atoms with Crippen LogP contribution in [0, 0.1) is 11.8 Å². The number of likely N-dealkylation sites (tertiary alicyclic amines) is 1. The van der Waals surface area contributed by atoms with Crippen LogP contribution in [0.5, 0.6) is 5.75 Å². The largest absolute Gasteiger partial charge is 0.490 e. The summed E-state index contributed by atoms with van der Waals surface area (Å²) in [6.07, 6.45) is -2.85. The number of benzene rings is 2. The standard InChI is InChI=1S/C24H24F3NO4/c25-24(26,27)19-5-7-20(8-6-19)32-21-9-16-11-28(12-17(16)10-21)22(29)15-1-3-18(4-2-15)23(30)13-31-14-23/h1-8,16-17,21,30H,9-14H2. The third kappa shape index (κ3) is 3.97. The van der Waals surface area contributed by atoms with Crippen LogP contribution < -0.4 is 4.74 Å². The number of carbonyl (C=O) groups is 1. The molecule has 2 saturated heterocycles. The van der Waals surface area contributed by atoms with Crippen molar-refractivity contribution in [2.45, 2.75) is 30.7 Å². The Morgan fingerprint density at radius 2 is 1.59 bits per heavy atom. The van der Waals surface area contributed by atoms with Crippen molar-refractivity contribution < 1.29 is 32.5 Å². The normalized spacial score (nSPS) is 26.5. The van der Waals surface area contributed by atoms with Crippen LogP contribution in [0.1, 0.15) is 34.3 Å². The number of carbonyl (C=O) groups excluding carboxylic acids is 1. The van der Waals surface area contributed by atoms with Gasteiger partial charge in [0.05, 0.1) is 24.9 Å². The second kappa shape index (κ2) is 7.78. The van der Waals surface area contributed by atoms with Crippen LogP contribution in [0.15, 0.2) is 48.5 Å². The zero-order chi connectivity index (χ0) is 22.5. The van der Waals surface area contributed by atoms with Gasteiger partial charge in [-0.25, -0.2) is 0 Å². The zero-order valence-electron chi connectivity index (χ0n) is 17.3. The Kier molecular flexibility index (Phi) is 5.17. The molecule has 8 heteroatoms. The molecular weight excluding hydrogens is 423 g/mol. The molecule has 0 aromatic heterocycles. The van der Waals surface area contributed by atoms with E-state index >= 15 is 0 Å². The van der Waals surface area contributed by atoms with E-state index in [1.165, 1.54) is 12.1 Å². The summed E-state index contributed by atoms with van der Waals surface area (Å²) in [6.45, 7) is 1.84. The van der Waals surface area contributed by atoms with E-state index in [0.717, 1.165) is 30.5 Å². The summed E-state index contributed by atoms with van der Waals surface area (Å²) in [5.41, 5.74) is -0.295. The van der Waals surface area contributed by atoms with Crippen LogP contribution in [0.4, 0.5) is 13.2 Å². The lowest BCUT2D eigenvalue weighted by molar-refractivity contribution is -0.184. The molecule has 2 atom stereocenters. The lowest BCUT2D eigenvalue weighted by Crippen LogP contribution is -2.46. The van der Waals surface area contributed by atoms with Crippen LogP contribution in [0.25, 0.3) is 0 Å². The minimum atomic E-state index is -4.36. The Morgan fingerprint density at radius 3 is 2.09 bits per heavy atom. The Hall–Kier alpha value is -2.58. The van der Waals surface area contributed by atoms with Crippen molar-refractivity contribution in [3.8, 4) is 5.75 Å². The van der Waals surface area contributed by atoms with E-state index in [9.17, 15) is 23.1 Å². The molecule has 5 nitrogen and oxygen atoms in total. The van der Waals surface area contributed by atoms with Gasteiger partial charge in [0.1, 0.15) is 11.4 Å². The van der Waals surface area contributed by atoms with E-state index in [2.05, 4.69) is 0 Å². The van der Waals surface area contributed by atoms with Crippen molar-refractivity contribution in [3.63, 3.8) is 0 Å². The minimum Gasteiger partial charge on any atom is -0.490 e. The fraction of sp³-hybridized carbons (Fsp3) is 0.458. The van der Waals surface area contributed by atoms with Crippen molar-refractivity contribution >= 4 is 5.91 Å². The fourth-order valence-corrected chi connectivity index (χ4v) is 4.99. The van der Waals surface area contributed by atoms with E-state index in [-0.39, 0.29) is 25.2 Å². The molecule has 5 rings (SSSR count). The number of aliphatic hydroxyl groups is 1. The van der Waals surface area contributed by atoms with Gasteiger partial charge in [-0.2, -0.15) is 13.2 Å². The Labute approximate surface area is 183 Å². The number of hydrogen-bond donors (Lipinski definition) is 1. The molecule has 0 radical (unpaired) electrons. The number of amides is 1. The number of hydrogen-bond acceptors (Lipinski definition) is 4. The van der Waals surface area contributed by atoms with E-state index in [1.54, 1.807) is 24.3 Å². The van der Waals surface area contributed by atoms with Gasteiger partial charge in [0.25, 0.3) is 5.91 Å². The molecule has 32 heavy (non-hydrogen) atoms. The van der Waals surface area contributed by atoms with Gasteiger partial charge in [0.2, 0.25) is 0 Å². The Bertz CT molecular complexity index is 972. The monoisotopic (exact) mass is 447 g/mol. The Balaban J connectivity index is 1.15. The summed E-state index contributed by atoms with van der Waals surface area (Å²) in [5.74, 6) is 1.06. The number of rotatable bonds is 4. The highest BCUT2D eigenvalue weighted by molar-refractivity contribution is 5.94. The molecule has 1 N–H and O–H groups in total. The highest BCUT2D eigenvalue weighted by Gasteiger charge is 2.44. The summed E-state index contributed by atoms with van der Waals surface area (Å²) in [4.78, 5) is 14.8. The van der Waals surface area contributed by atoms with Crippen LogP contribution in [0.2, 0.25) is 0 Å². The summed E-state index contributed by atoms with van der Waals surface area (Å²) < 4.78 is 49.1. The van der Waals surface area contributed by atoms with Crippen LogP contribution >= 0.6 is 0 Å². The molecule has 3 aliphatic rings. The highest BCUT2D eigenvalue weighted by atomic mass is 19.4. The topological polar surface area (TPSA) is 59.0 Å². The van der Waals surface area contributed by atoms with Gasteiger partial charge in [0.15, 0.2) is 0 Å². The third-order valence-corrected chi connectivity index (χ3v) is 6.83. The van der Waals surface area contributed by atoms with Crippen molar-refractivity contribution in [1.29, 1.82) is 0 Å². The second-order valence-corrected chi connectivity index (χ2v) is 9.07. The average Bonchev–Trinajstić information content (AvgIpc) is 3.30. The molecule has 2 unspecified atom stereocenters. The highest BCUT2D eigenvalue weighted by Crippen LogP contribution is 2.40. The van der Waals surface area contributed by atoms with Gasteiger partial charge in [-0.15, -0.1) is 0 Å². The molecule has 170 valence electrons. The number of nitrogens with zero attached hydrogens (tertiary/aromatic N) is 1. The molecule has 2 heterocycles. The van der Waals surface area contributed by atoms with Crippen molar-refractivity contribution in [2.24, 2.45) is 11.8 Å². The number of alkyl halides is 3. The van der Waals surface area contributed by atoms with Gasteiger partial charge >= 0.3 is 6.18 Å². The first-order valence-corrected chi connectivity index (χ1v) is 10.8. The minimum absolute atomic E-state index is 0.0250. The van der Waals surface area contributed by atoms with E-state index in [1.807, 2.05) is 4.90 Å². The molecule has 2 aliphatic heterocycles. The van der Waals surface area contributed by atoms with E-state index in [4.69, 9.17) is 9.47 Å². The molecule has 0 spiro atoms. The molecule has 2 aromatic rings. The molecule has 1 aliphatic carbocycles. The summed E-state index contributed by atoms with van der Waals surface area (Å²) in [7, 11) is 0. The first kappa shape index (κ1) is 21.3. The molecule has 1 saturated carbocycles. The van der Waals surface area contributed by atoms with E-state index < -0.39 is 17.3 Å². The fourth-order valence-electron chi connectivity index (χ4n) is 4.99. The lowest BCUT2D eigenvalue weighted by Gasteiger charge is -2.36. The maximum absolute atomic E-state index is 12.9. The molecule has 0 bridgehead atoms. The summed E-state index contributed by atoms with van der Waals surface area (Å²) >= 11 is 0. The predicted octanol–water partition coefficient (Wildman–Crippen LogP) is 3.85. The molecule has 2 aromatic carbocycles. The first-order valence-electron chi connectivity index (χ1n) is 10.8. The van der Waals surface area contributed by atoms with Gasteiger partial charge in [-0.1, -0.05) is 12.1 Å². The second-order valence-electron chi connectivity index (χ2n) is 9.07. The molecule has 1 amide bonds. The summed E-state index contributed by atoms with van der Waals surface area (Å²) in [5, 5.41) is 10.3. The third-order valence-electron chi connectivity index (χ3n) is 6.83. The first-order chi connectivity index (χ1) is 15.2. The van der Waals surface area contributed by atoms with Crippen molar-refractivity contribution in [2.75, 3.05) is 26.3 Å². The Morgan fingerprint density at radius 1 is 1.00 bits per heavy atom. The smallest absolute Gasteiger partial charge is 0.416 e. The van der Waals surface area contributed by atoms with Crippen LogP contribution in [0.3, 0.4) is 0 Å². The number of halogens is 3. The van der Waals surface area contributed by atoms with E-state index in [0.29, 0.717) is 36.2 Å². The molecule has 3 fully saturated rings. The van der Waals surface area contributed by atoms with Crippen LogP contribution in [-0.2, 0) is 16.5 Å². The van der Waals surface area contributed by atoms with Gasteiger partial charge in [-0.3, -0.25) is 4.79 Å². The van der Waals surface area contributed by atoms with Crippen molar-refractivity contribution in [3.05, 3.63) is 65.2 Å². The lowest BCUT2D eigenvalue weighted by atomic mass is 9.91. The maximum atomic E-state index is 12.9. The number of ether oxygens (including phenoxy) is 2. The number of fused-ring (bicyclic) bond motifs is 1. The molecular formula is C24H24F3NO4. The van der Waals surface area contributed by atoms with Gasteiger partial charge < -0.3 is 19.5 Å². The predicted molar refractivity (Wildman–Crippen MR) is 109 cm³/mol. The van der Waals surface area contributed by atoms with Crippen molar-refractivity contribution in [1.82, 2.24) is 4.90 Å².